The van der Waals surface area contributed by atoms with Crippen molar-refractivity contribution in [1.29, 1.82) is 0 Å². The van der Waals surface area contributed by atoms with Gasteiger partial charge in [0.2, 0.25) is 0 Å². The van der Waals surface area contributed by atoms with Gasteiger partial charge in [0.05, 0.1) is 0 Å². The molecule has 0 saturated carbocycles. The summed E-state index contributed by atoms with van der Waals surface area (Å²) in [6.45, 7) is 2.41. The van der Waals surface area contributed by atoms with Crippen molar-refractivity contribution in [3.8, 4) is 0 Å². The van der Waals surface area contributed by atoms with Gasteiger partial charge in [0.1, 0.15) is 5.54 Å². The summed E-state index contributed by atoms with van der Waals surface area (Å²) in [6.07, 6.45) is 2.47. The average Bonchev–Trinajstić information content (AvgIpc) is 2.86. The molecule has 1 atom stereocenters. The van der Waals surface area contributed by atoms with Crippen molar-refractivity contribution in [2.75, 3.05) is 11.4 Å². The molecule has 2 aromatic heterocycles. The summed E-state index contributed by atoms with van der Waals surface area (Å²) in [5, 5.41) is 24.8. The summed E-state index contributed by atoms with van der Waals surface area (Å²) in [5.41, 5.74) is -0.384. The van der Waals surface area contributed by atoms with Crippen LogP contribution < -0.4 is 4.90 Å². The van der Waals surface area contributed by atoms with Crippen molar-refractivity contribution in [3.05, 3.63) is 12.1 Å². The van der Waals surface area contributed by atoms with Crippen LogP contribution >= 0.6 is 0 Å². The highest BCUT2D eigenvalue weighted by Gasteiger charge is 2.42. The van der Waals surface area contributed by atoms with E-state index >= 15 is 0 Å². The lowest BCUT2D eigenvalue weighted by Gasteiger charge is -2.42. The van der Waals surface area contributed by atoms with Crippen LogP contribution in [0.2, 0.25) is 0 Å². The largest absolute Gasteiger partial charge is 0.480 e. The summed E-state index contributed by atoms with van der Waals surface area (Å²) in [5.74, 6) is -0.241. The summed E-state index contributed by atoms with van der Waals surface area (Å²) in [6, 6.07) is 3.50. The molecule has 0 bridgehead atoms. The molecule has 1 unspecified atom stereocenters. The highest BCUT2D eigenvalue weighted by Crippen LogP contribution is 2.31. The van der Waals surface area contributed by atoms with Gasteiger partial charge in [0, 0.05) is 6.54 Å². The van der Waals surface area contributed by atoms with Gasteiger partial charge in [-0.3, -0.25) is 0 Å². The first kappa shape index (κ1) is 11.8. The van der Waals surface area contributed by atoms with E-state index in [9.17, 15) is 9.90 Å². The number of aromatic nitrogens is 5. The van der Waals surface area contributed by atoms with Crippen LogP contribution in [0.4, 0.5) is 5.82 Å². The molecule has 1 fully saturated rings. The molecule has 0 aromatic carbocycles. The van der Waals surface area contributed by atoms with Crippen molar-refractivity contribution in [1.82, 2.24) is 25.3 Å². The monoisotopic (exact) mass is 262 g/mol. The number of carboxylic acid groups (broad SMARTS) is 1. The molecule has 0 radical (unpaired) electrons. The van der Waals surface area contributed by atoms with Crippen LogP contribution in [0.3, 0.4) is 0 Å². The molecule has 100 valence electrons. The SMILES string of the molecule is CC1(C(=O)O)CCCCN1c1ccc2nnnn2n1. The number of rotatable bonds is 2. The number of nitrogens with zero attached hydrogens (tertiary/aromatic N) is 6. The van der Waals surface area contributed by atoms with Gasteiger partial charge >= 0.3 is 5.97 Å². The van der Waals surface area contributed by atoms with Crippen LogP contribution in [-0.4, -0.2) is 48.4 Å². The maximum Gasteiger partial charge on any atom is 0.329 e. The first-order chi connectivity index (χ1) is 9.11. The summed E-state index contributed by atoms with van der Waals surface area (Å²) < 4.78 is 1.31. The fraction of sp³-hybridized carbons (Fsp3) is 0.545. The van der Waals surface area contributed by atoms with E-state index in [2.05, 4.69) is 20.6 Å². The van der Waals surface area contributed by atoms with Crippen LogP contribution in [0.25, 0.3) is 5.65 Å². The van der Waals surface area contributed by atoms with E-state index in [1.807, 2.05) is 4.90 Å². The van der Waals surface area contributed by atoms with Crippen molar-refractivity contribution in [3.63, 3.8) is 0 Å². The first-order valence-electron chi connectivity index (χ1n) is 6.18. The zero-order valence-electron chi connectivity index (χ0n) is 10.5. The smallest absolute Gasteiger partial charge is 0.329 e. The van der Waals surface area contributed by atoms with Gasteiger partial charge < -0.3 is 10.0 Å². The quantitative estimate of drug-likeness (QED) is 0.834. The zero-order chi connectivity index (χ0) is 13.5. The van der Waals surface area contributed by atoms with Crippen molar-refractivity contribution in [2.24, 2.45) is 0 Å². The second-order valence-corrected chi connectivity index (χ2v) is 4.91. The van der Waals surface area contributed by atoms with Crippen LogP contribution in [0.15, 0.2) is 12.1 Å². The second kappa shape index (κ2) is 4.15. The molecule has 2 aromatic rings. The maximum absolute atomic E-state index is 11.6. The number of tetrazole rings is 1. The number of hydrogen-bond acceptors (Lipinski definition) is 6. The predicted octanol–water partition coefficient (Wildman–Crippen LogP) is 0.353. The van der Waals surface area contributed by atoms with E-state index < -0.39 is 11.5 Å². The van der Waals surface area contributed by atoms with Gasteiger partial charge in [-0.15, -0.1) is 14.8 Å². The van der Waals surface area contributed by atoms with E-state index in [1.54, 1.807) is 19.1 Å². The summed E-state index contributed by atoms with van der Waals surface area (Å²) >= 11 is 0. The lowest BCUT2D eigenvalue weighted by Crippen LogP contribution is -2.55. The van der Waals surface area contributed by atoms with E-state index in [0.717, 1.165) is 12.8 Å². The van der Waals surface area contributed by atoms with Gasteiger partial charge in [-0.05, 0) is 48.7 Å². The summed E-state index contributed by atoms with van der Waals surface area (Å²) in [7, 11) is 0. The summed E-state index contributed by atoms with van der Waals surface area (Å²) in [4.78, 5) is 13.4. The minimum absolute atomic E-state index is 0.540. The molecule has 3 rings (SSSR count). The minimum Gasteiger partial charge on any atom is -0.480 e. The number of carboxylic acids is 1. The average molecular weight is 262 g/mol. The molecule has 8 nitrogen and oxygen atoms in total. The Hall–Kier alpha value is -2.25. The molecule has 0 aliphatic carbocycles. The van der Waals surface area contributed by atoms with Gasteiger partial charge in [0.25, 0.3) is 0 Å². The normalized spacial score (nSPS) is 23.7. The lowest BCUT2D eigenvalue weighted by molar-refractivity contribution is -0.143. The number of fused-ring (bicyclic) bond motifs is 1. The van der Waals surface area contributed by atoms with Crippen LogP contribution in [0.1, 0.15) is 26.2 Å². The Balaban J connectivity index is 2.04. The maximum atomic E-state index is 11.6. The Morgan fingerprint density at radius 3 is 3.05 bits per heavy atom. The molecule has 8 heteroatoms. The second-order valence-electron chi connectivity index (χ2n) is 4.91. The fourth-order valence-corrected chi connectivity index (χ4v) is 2.49. The van der Waals surface area contributed by atoms with Crippen LogP contribution in [-0.2, 0) is 4.79 Å². The number of piperidine rings is 1. The molecular formula is C11H14N6O2. The molecule has 3 heterocycles. The topological polar surface area (TPSA) is 96.5 Å². The van der Waals surface area contributed by atoms with Crippen molar-refractivity contribution < 1.29 is 9.90 Å². The number of hydrogen-bond donors (Lipinski definition) is 1. The lowest BCUT2D eigenvalue weighted by atomic mass is 9.88. The Bertz CT molecular complexity index is 626. The molecule has 0 spiro atoms. The zero-order valence-corrected chi connectivity index (χ0v) is 10.5. The van der Waals surface area contributed by atoms with Crippen LogP contribution in [0, 0.1) is 0 Å². The number of carbonyl (C=O) groups is 1. The molecule has 1 saturated heterocycles. The van der Waals surface area contributed by atoms with Gasteiger partial charge in [-0.25, -0.2) is 4.79 Å². The van der Waals surface area contributed by atoms with Gasteiger partial charge in [-0.2, -0.15) is 0 Å². The fourth-order valence-electron chi connectivity index (χ4n) is 2.49. The minimum atomic E-state index is -0.924. The standard InChI is InChI=1S/C11H14N6O2/c1-11(10(18)19)6-2-3-7-16(11)9-5-4-8-12-14-15-17(8)13-9/h4-5H,2-3,6-7H2,1H3,(H,18,19). The predicted molar refractivity (Wildman–Crippen MR) is 65.8 cm³/mol. The van der Waals surface area contributed by atoms with E-state index in [-0.39, 0.29) is 0 Å². The van der Waals surface area contributed by atoms with Gasteiger partial charge in [-0.1, -0.05) is 0 Å². The molecule has 1 aliphatic heterocycles. The first-order valence-corrected chi connectivity index (χ1v) is 6.18. The highest BCUT2D eigenvalue weighted by atomic mass is 16.4. The Labute approximate surface area is 109 Å². The third-order valence-corrected chi connectivity index (χ3v) is 3.68. The van der Waals surface area contributed by atoms with E-state index in [4.69, 9.17) is 0 Å². The van der Waals surface area contributed by atoms with Gasteiger partial charge in [0.15, 0.2) is 11.5 Å². The van der Waals surface area contributed by atoms with E-state index in [1.165, 1.54) is 4.63 Å². The molecule has 0 amide bonds. The Kier molecular flexibility index (Phi) is 2.58. The third-order valence-electron chi connectivity index (χ3n) is 3.68. The molecule has 1 aliphatic rings. The molecular weight excluding hydrogens is 248 g/mol. The molecule has 1 N–H and O–H groups in total. The van der Waals surface area contributed by atoms with Crippen LogP contribution in [0.5, 0.6) is 0 Å². The Morgan fingerprint density at radius 2 is 2.26 bits per heavy atom. The molecule has 19 heavy (non-hydrogen) atoms. The van der Waals surface area contributed by atoms with Crippen molar-refractivity contribution >= 4 is 17.4 Å². The number of anilines is 1. The van der Waals surface area contributed by atoms with E-state index in [0.29, 0.717) is 24.4 Å². The number of aliphatic carboxylic acids is 1. The highest BCUT2D eigenvalue weighted by molar-refractivity contribution is 5.83. The Morgan fingerprint density at radius 1 is 1.42 bits per heavy atom. The third kappa shape index (κ3) is 1.79. The van der Waals surface area contributed by atoms with Crippen molar-refractivity contribution in [2.45, 2.75) is 31.7 Å².